The molecule has 3 nitrogen and oxygen atoms in total. The van der Waals surface area contributed by atoms with E-state index in [0.717, 1.165) is 6.42 Å². The van der Waals surface area contributed by atoms with Gasteiger partial charge in [0.15, 0.2) is 0 Å². The molecule has 0 aromatic rings. The van der Waals surface area contributed by atoms with E-state index in [4.69, 9.17) is 0 Å². The zero-order chi connectivity index (χ0) is 20.9. The van der Waals surface area contributed by atoms with Crippen LogP contribution in [0.3, 0.4) is 0 Å². The molecule has 0 saturated carbocycles. The van der Waals surface area contributed by atoms with Gasteiger partial charge in [0.2, 0.25) is 0 Å². The summed E-state index contributed by atoms with van der Waals surface area (Å²) in [6.07, 6.45) is 24.2. The number of hydrogen-bond donors (Lipinski definition) is 0. The van der Waals surface area contributed by atoms with Gasteiger partial charge in [-0.3, -0.25) is 0 Å². The molecule has 0 bridgehead atoms. The van der Waals surface area contributed by atoms with Gasteiger partial charge in [0, 0.05) is 0 Å². The Morgan fingerprint density at radius 2 is 1.28 bits per heavy atom. The van der Waals surface area contributed by atoms with Crippen LogP contribution in [0, 0.1) is 5.41 Å². The molecule has 0 amide bonds. The molecule has 0 saturated heterocycles. The molecule has 1 aliphatic rings. The number of allylic oxidation sites excluding steroid dienone is 3. The van der Waals surface area contributed by atoms with E-state index in [2.05, 4.69) is 13.8 Å². The third kappa shape index (κ3) is 13.4. The Bertz CT molecular complexity index is 595. The van der Waals surface area contributed by atoms with E-state index in [1.54, 1.807) is 6.92 Å². The second-order valence-electron chi connectivity index (χ2n) is 9.11. The smallest absolute Gasteiger partial charge is 0.744 e. The number of unbranched alkanes of at least 4 members (excludes halogenated alkanes) is 13. The van der Waals surface area contributed by atoms with Crippen LogP contribution in [0.2, 0.25) is 0 Å². The first-order valence-corrected chi connectivity index (χ1v) is 13.0. The van der Waals surface area contributed by atoms with E-state index < -0.39 is 10.1 Å². The van der Waals surface area contributed by atoms with Crippen molar-refractivity contribution < 1.29 is 42.5 Å². The molecule has 0 fully saturated rings. The van der Waals surface area contributed by atoms with E-state index in [1.807, 2.05) is 6.08 Å². The van der Waals surface area contributed by atoms with Crippen molar-refractivity contribution in [1.82, 2.24) is 0 Å². The first-order valence-electron chi connectivity index (χ1n) is 11.6. The van der Waals surface area contributed by atoms with E-state index in [9.17, 15) is 13.0 Å². The Morgan fingerprint density at radius 3 is 1.66 bits per heavy atom. The second-order valence-corrected chi connectivity index (χ2v) is 10.5. The quantitative estimate of drug-likeness (QED) is 0.202. The van der Waals surface area contributed by atoms with Crippen molar-refractivity contribution in [2.75, 3.05) is 0 Å². The maximum absolute atomic E-state index is 11.2. The summed E-state index contributed by atoms with van der Waals surface area (Å²) in [4.78, 5) is -0.0223. The van der Waals surface area contributed by atoms with Gasteiger partial charge in [0.25, 0.3) is 0 Å². The summed E-state index contributed by atoms with van der Waals surface area (Å²) >= 11 is 0. The zero-order valence-corrected chi connectivity index (χ0v) is 22.4. The van der Waals surface area contributed by atoms with Crippen LogP contribution in [0.5, 0.6) is 0 Å². The van der Waals surface area contributed by atoms with Gasteiger partial charge in [-0.15, -0.1) is 0 Å². The Hall–Kier alpha value is 0.390. The molecule has 0 aliphatic heterocycles. The van der Waals surface area contributed by atoms with Gasteiger partial charge in [0.1, 0.15) is 10.1 Å². The average Bonchev–Trinajstić information content (AvgIpc) is 2.60. The van der Waals surface area contributed by atoms with E-state index in [0.29, 0.717) is 12.0 Å². The van der Waals surface area contributed by atoms with Gasteiger partial charge in [-0.2, -0.15) is 0 Å². The third-order valence-electron chi connectivity index (χ3n) is 6.10. The summed E-state index contributed by atoms with van der Waals surface area (Å²) in [6.45, 7) is 6.22. The standard InChI is InChI=1S/C24H44O3S.Na/c1-4-5-6-7-8-9-10-11-12-13-14-15-16-17-19-24(3)20-18-23(22(2)21-24)28(25,26)27;/h18,20H,4-17,19,21H2,1-3H3,(H,25,26,27);/q;+1/p-1. The van der Waals surface area contributed by atoms with Gasteiger partial charge in [0.05, 0.1) is 4.91 Å². The summed E-state index contributed by atoms with van der Waals surface area (Å²) in [5, 5.41) is 0. The molecule has 1 rings (SSSR count). The molecule has 0 aromatic heterocycles. The van der Waals surface area contributed by atoms with Crippen LogP contribution in [-0.4, -0.2) is 13.0 Å². The topological polar surface area (TPSA) is 57.2 Å². The van der Waals surface area contributed by atoms with E-state index in [1.165, 1.54) is 96.0 Å². The predicted octanol–water partition coefficient (Wildman–Crippen LogP) is 4.65. The fourth-order valence-electron chi connectivity index (χ4n) is 4.36. The Kier molecular flexibility index (Phi) is 16.3. The predicted molar refractivity (Wildman–Crippen MR) is 119 cm³/mol. The van der Waals surface area contributed by atoms with Crippen LogP contribution in [0.15, 0.2) is 22.6 Å². The minimum Gasteiger partial charge on any atom is -0.744 e. The molecule has 1 aliphatic carbocycles. The molecule has 5 heteroatoms. The van der Waals surface area contributed by atoms with Gasteiger partial charge >= 0.3 is 29.6 Å². The van der Waals surface area contributed by atoms with Crippen molar-refractivity contribution in [1.29, 1.82) is 0 Å². The van der Waals surface area contributed by atoms with Crippen molar-refractivity contribution in [2.45, 2.75) is 124 Å². The molecular weight excluding hydrogens is 391 g/mol. The van der Waals surface area contributed by atoms with Crippen LogP contribution in [-0.2, 0) is 10.1 Å². The molecule has 0 aromatic carbocycles. The van der Waals surface area contributed by atoms with Crippen LogP contribution >= 0.6 is 0 Å². The zero-order valence-electron chi connectivity index (χ0n) is 19.6. The molecule has 1 unspecified atom stereocenters. The molecular formula is C24H43NaO3S. The normalized spacial score (nSPS) is 19.4. The SMILES string of the molecule is CCCCCCCCCCCCCCCCC1(C)C=CC(S(=O)(=O)[O-])=C(C)C1.[Na+]. The summed E-state index contributed by atoms with van der Waals surface area (Å²) < 4.78 is 33.7. The fourth-order valence-corrected chi connectivity index (χ4v) is 5.10. The van der Waals surface area contributed by atoms with Crippen LogP contribution in [0.4, 0.5) is 0 Å². The third-order valence-corrected chi connectivity index (χ3v) is 7.12. The van der Waals surface area contributed by atoms with Crippen LogP contribution in [0.1, 0.15) is 124 Å². The summed E-state index contributed by atoms with van der Waals surface area (Å²) in [5.74, 6) is 0. The van der Waals surface area contributed by atoms with Gasteiger partial charge in [-0.25, -0.2) is 8.42 Å². The second kappa shape index (κ2) is 16.1. The monoisotopic (exact) mass is 434 g/mol. The van der Waals surface area contributed by atoms with Crippen molar-refractivity contribution in [3.8, 4) is 0 Å². The maximum atomic E-state index is 11.2. The Balaban J connectivity index is 0.00000784. The first-order chi connectivity index (χ1) is 13.3. The average molecular weight is 435 g/mol. The van der Waals surface area contributed by atoms with Crippen molar-refractivity contribution in [3.63, 3.8) is 0 Å². The summed E-state index contributed by atoms with van der Waals surface area (Å²) in [7, 11) is -4.33. The van der Waals surface area contributed by atoms with E-state index >= 15 is 0 Å². The molecule has 1 atom stereocenters. The van der Waals surface area contributed by atoms with Gasteiger partial charge in [-0.1, -0.05) is 115 Å². The number of rotatable bonds is 16. The van der Waals surface area contributed by atoms with Crippen LogP contribution < -0.4 is 29.6 Å². The molecule has 29 heavy (non-hydrogen) atoms. The molecule has 0 N–H and O–H groups in total. The molecule has 0 heterocycles. The van der Waals surface area contributed by atoms with Crippen LogP contribution in [0.25, 0.3) is 0 Å². The Morgan fingerprint density at radius 1 is 0.862 bits per heavy atom. The summed E-state index contributed by atoms with van der Waals surface area (Å²) in [6, 6.07) is 0. The molecule has 0 spiro atoms. The van der Waals surface area contributed by atoms with Crippen molar-refractivity contribution in [2.24, 2.45) is 5.41 Å². The fraction of sp³-hybridized carbons (Fsp3) is 0.833. The van der Waals surface area contributed by atoms with E-state index in [-0.39, 0.29) is 39.9 Å². The maximum Gasteiger partial charge on any atom is 1.00 e. The minimum atomic E-state index is -4.33. The Labute approximate surface area is 203 Å². The first kappa shape index (κ1) is 29.4. The molecule has 164 valence electrons. The number of hydrogen-bond acceptors (Lipinski definition) is 3. The largest absolute Gasteiger partial charge is 1.00 e. The van der Waals surface area contributed by atoms with Gasteiger partial charge in [-0.05, 0) is 31.3 Å². The van der Waals surface area contributed by atoms with Crippen molar-refractivity contribution >= 4 is 10.1 Å². The molecule has 0 radical (unpaired) electrons. The minimum absolute atomic E-state index is 0. The van der Waals surface area contributed by atoms with Gasteiger partial charge < -0.3 is 4.55 Å². The van der Waals surface area contributed by atoms with Crippen molar-refractivity contribution in [3.05, 3.63) is 22.6 Å². The summed E-state index contributed by atoms with van der Waals surface area (Å²) in [5.41, 5.74) is 0.709.